The zero-order valence-corrected chi connectivity index (χ0v) is 19.0. The average Bonchev–Trinajstić information content (AvgIpc) is 3.18. The molecular weight excluding hydrogens is 448 g/mol. The van der Waals surface area contributed by atoms with Gasteiger partial charge in [0.15, 0.2) is 5.82 Å². The number of nitrogens with zero attached hydrogens (tertiary/aromatic N) is 5. The van der Waals surface area contributed by atoms with Crippen LogP contribution in [0.3, 0.4) is 0 Å². The molecule has 0 radical (unpaired) electrons. The zero-order valence-electron chi connectivity index (χ0n) is 17.5. The molecule has 8 nitrogen and oxygen atoms in total. The minimum absolute atomic E-state index is 0.00231. The van der Waals surface area contributed by atoms with Crippen LogP contribution in [-0.2, 0) is 17.2 Å². The van der Waals surface area contributed by atoms with Crippen molar-refractivity contribution < 1.29 is 9.32 Å². The van der Waals surface area contributed by atoms with Crippen molar-refractivity contribution in [3.63, 3.8) is 0 Å². The Bertz CT molecular complexity index is 1150. The molecule has 32 heavy (non-hydrogen) atoms. The third-order valence-electron chi connectivity index (χ3n) is 6.52. The van der Waals surface area contributed by atoms with Gasteiger partial charge in [-0.1, -0.05) is 17.7 Å². The number of hydrogen-bond acceptors (Lipinski definition) is 8. The summed E-state index contributed by atoms with van der Waals surface area (Å²) in [5, 5.41) is 23.8. The van der Waals surface area contributed by atoms with Crippen LogP contribution in [0.2, 0.25) is 5.02 Å². The summed E-state index contributed by atoms with van der Waals surface area (Å²) in [6.07, 6.45) is 9.25. The number of rotatable bonds is 5. The molecule has 0 spiro atoms. The van der Waals surface area contributed by atoms with E-state index in [0.717, 1.165) is 30.4 Å². The fourth-order valence-corrected chi connectivity index (χ4v) is 6.02. The fraction of sp³-hybridized carbons (Fsp3) is 0.455. The molecule has 0 aromatic carbocycles. The molecule has 4 heterocycles. The maximum atomic E-state index is 12.8. The summed E-state index contributed by atoms with van der Waals surface area (Å²) in [6.45, 7) is 1.23. The van der Waals surface area contributed by atoms with Crippen LogP contribution in [0.5, 0.6) is 0 Å². The van der Waals surface area contributed by atoms with Crippen molar-refractivity contribution in [2.24, 2.45) is 0 Å². The van der Waals surface area contributed by atoms with Gasteiger partial charge in [-0.15, -0.1) is 0 Å². The van der Waals surface area contributed by atoms with Crippen LogP contribution in [-0.4, -0.2) is 55.3 Å². The maximum absolute atomic E-state index is 12.8. The minimum Gasteiger partial charge on any atom is -0.394 e. The van der Waals surface area contributed by atoms with Gasteiger partial charge in [-0.2, -0.15) is 5.26 Å². The molecule has 2 N–H and O–H groups in total. The van der Waals surface area contributed by atoms with Crippen LogP contribution < -0.4 is 10.2 Å². The molecule has 2 aromatic heterocycles. The van der Waals surface area contributed by atoms with Gasteiger partial charge in [0.1, 0.15) is 17.7 Å². The van der Waals surface area contributed by atoms with Gasteiger partial charge in [-0.3, -0.25) is 4.21 Å². The van der Waals surface area contributed by atoms with Crippen molar-refractivity contribution in [1.29, 1.82) is 5.26 Å². The van der Waals surface area contributed by atoms with Crippen molar-refractivity contribution in [3.05, 3.63) is 40.4 Å². The SMILES string of the molecule is N#Cc1c(N2CC=C(c3ncc(Cl)cn3)CC2)nc(NC2(CO)CCC2)c2c1CC[S@]2=O. The van der Waals surface area contributed by atoms with E-state index in [-0.39, 0.29) is 6.61 Å². The van der Waals surface area contributed by atoms with Crippen LogP contribution in [0.1, 0.15) is 42.6 Å². The standard InChI is InChI=1S/C22H23ClN6O2S/c23-15-11-25-19(26-12-15)14-2-7-29(8-3-14)21-17(10-24)16-4-9-32(31)18(16)20(27-21)28-22(13-30)5-1-6-22/h2,11-12,30H,1,3-9,13H2,(H,27,28)/t32-/m1/s1. The summed E-state index contributed by atoms with van der Waals surface area (Å²) < 4.78 is 12.8. The fourth-order valence-electron chi connectivity index (χ4n) is 4.54. The van der Waals surface area contributed by atoms with Gasteiger partial charge >= 0.3 is 0 Å². The van der Waals surface area contributed by atoms with E-state index in [0.29, 0.717) is 64.6 Å². The van der Waals surface area contributed by atoms with E-state index >= 15 is 0 Å². The first-order chi connectivity index (χ1) is 15.5. The smallest absolute Gasteiger partial charge is 0.154 e. The lowest BCUT2D eigenvalue weighted by molar-refractivity contribution is 0.143. The highest BCUT2D eigenvalue weighted by molar-refractivity contribution is 7.85. The highest BCUT2D eigenvalue weighted by atomic mass is 35.5. The second kappa shape index (κ2) is 8.43. The van der Waals surface area contributed by atoms with Crippen molar-refractivity contribution in [2.75, 3.05) is 35.7 Å². The molecule has 0 unspecified atom stereocenters. The molecule has 0 saturated heterocycles. The zero-order chi connectivity index (χ0) is 22.3. The predicted molar refractivity (Wildman–Crippen MR) is 123 cm³/mol. The molecule has 5 rings (SSSR count). The van der Waals surface area contributed by atoms with Crippen LogP contribution in [0.25, 0.3) is 5.57 Å². The Morgan fingerprint density at radius 3 is 2.69 bits per heavy atom. The lowest BCUT2D eigenvalue weighted by Gasteiger charge is -2.42. The molecule has 1 aliphatic carbocycles. The van der Waals surface area contributed by atoms with Gasteiger partial charge in [0.2, 0.25) is 0 Å². The molecule has 10 heteroatoms. The Morgan fingerprint density at radius 2 is 2.09 bits per heavy atom. The van der Waals surface area contributed by atoms with Gasteiger partial charge in [0.05, 0.1) is 38.4 Å². The predicted octanol–water partition coefficient (Wildman–Crippen LogP) is 2.68. The highest BCUT2D eigenvalue weighted by Crippen LogP contribution is 2.41. The quantitative estimate of drug-likeness (QED) is 0.685. The number of aliphatic hydroxyl groups is 1. The van der Waals surface area contributed by atoms with E-state index in [2.05, 4.69) is 32.3 Å². The third kappa shape index (κ3) is 3.66. The number of hydrogen-bond donors (Lipinski definition) is 2. The Hall–Kier alpha value is -2.54. The number of anilines is 2. The van der Waals surface area contributed by atoms with Crippen LogP contribution in [0.15, 0.2) is 23.4 Å². The first-order valence-corrected chi connectivity index (χ1v) is 12.4. The van der Waals surface area contributed by atoms with Gasteiger partial charge in [0, 0.05) is 31.2 Å². The molecular formula is C22H23ClN6O2S. The molecule has 0 bridgehead atoms. The molecule has 1 atom stereocenters. The van der Waals surface area contributed by atoms with E-state index in [1.54, 1.807) is 12.4 Å². The van der Waals surface area contributed by atoms with Crippen LogP contribution >= 0.6 is 11.6 Å². The Kier molecular flexibility index (Phi) is 5.61. The summed E-state index contributed by atoms with van der Waals surface area (Å²) in [5.41, 5.74) is 1.94. The van der Waals surface area contributed by atoms with Crippen molar-refractivity contribution in [3.8, 4) is 6.07 Å². The first kappa shape index (κ1) is 21.3. The molecule has 1 fully saturated rings. The first-order valence-electron chi connectivity index (χ1n) is 10.7. The lowest BCUT2D eigenvalue weighted by Crippen LogP contribution is -2.48. The summed E-state index contributed by atoms with van der Waals surface area (Å²) >= 11 is 5.89. The molecule has 0 amide bonds. The summed E-state index contributed by atoms with van der Waals surface area (Å²) in [5.74, 6) is 2.30. The van der Waals surface area contributed by atoms with E-state index in [1.165, 1.54) is 0 Å². The van der Waals surface area contributed by atoms with E-state index in [9.17, 15) is 14.6 Å². The monoisotopic (exact) mass is 470 g/mol. The second-order valence-electron chi connectivity index (χ2n) is 8.45. The van der Waals surface area contributed by atoms with Gasteiger partial charge in [0.25, 0.3) is 0 Å². The number of halogens is 1. The molecule has 2 aromatic rings. The minimum atomic E-state index is -1.20. The second-order valence-corrected chi connectivity index (χ2v) is 10.4. The highest BCUT2D eigenvalue weighted by Gasteiger charge is 2.39. The number of nitrogens with one attached hydrogen (secondary N) is 1. The van der Waals surface area contributed by atoms with Gasteiger partial charge in [-0.25, -0.2) is 15.0 Å². The van der Waals surface area contributed by atoms with Crippen molar-refractivity contribution >= 4 is 39.6 Å². The summed E-state index contributed by atoms with van der Waals surface area (Å²) in [4.78, 5) is 16.1. The average molecular weight is 471 g/mol. The number of aliphatic hydroxyl groups excluding tert-OH is 1. The van der Waals surface area contributed by atoms with Crippen molar-refractivity contribution in [1.82, 2.24) is 15.0 Å². The van der Waals surface area contributed by atoms with Crippen molar-refractivity contribution in [2.45, 2.75) is 42.5 Å². The molecule has 166 valence electrons. The normalized spacial score (nSPS) is 21.3. The molecule has 1 saturated carbocycles. The number of aromatic nitrogens is 3. The summed E-state index contributed by atoms with van der Waals surface area (Å²) in [6, 6.07) is 2.32. The maximum Gasteiger partial charge on any atom is 0.154 e. The topological polar surface area (TPSA) is 115 Å². The van der Waals surface area contributed by atoms with Crippen LogP contribution in [0.4, 0.5) is 11.6 Å². The van der Waals surface area contributed by atoms with Gasteiger partial charge < -0.3 is 15.3 Å². The Morgan fingerprint density at radius 1 is 1.31 bits per heavy atom. The number of nitriles is 1. The largest absolute Gasteiger partial charge is 0.394 e. The molecule has 3 aliphatic rings. The third-order valence-corrected chi connectivity index (χ3v) is 8.19. The van der Waals surface area contributed by atoms with E-state index in [1.807, 2.05) is 0 Å². The number of fused-ring (bicyclic) bond motifs is 1. The van der Waals surface area contributed by atoms with E-state index in [4.69, 9.17) is 16.6 Å². The van der Waals surface area contributed by atoms with Crippen LogP contribution in [0, 0.1) is 11.3 Å². The Balaban J connectivity index is 1.50. The molecule has 2 aliphatic heterocycles. The lowest BCUT2D eigenvalue weighted by atomic mass is 9.77. The van der Waals surface area contributed by atoms with Gasteiger partial charge in [-0.05, 0) is 43.2 Å². The summed E-state index contributed by atoms with van der Waals surface area (Å²) in [7, 11) is -1.20. The van der Waals surface area contributed by atoms with E-state index < -0.39 is 16.3 Å². The Labute approximate surface area is 193 Å². The number of pyridine rings is 1.